The number of halogens is 5. The van der Waals surface area contributed by atoms with Gasteiger partial charge >= 0.3 is 0 Å². The predicted octanol–water partition coefficient (Wildman–Crippen LogP) is 4.86. The van der Waals surface area contributed by atoms with Gasteiger partial charge in [-0.15, -0.1) is 0 Å². The van der Waals surface area contributed by atoms with Gasteiger partial charge in [0.05, 0.1) is 4.55 Å². The van der Waals surface area contributed by atoms with Gasteiger partial charge in [-0.2, -0.15) is 9.49 Å². The van der Waals surface area contributed by atoms with Crippen molar-refractivity contribution >= 4 is 28.5 Å². The Kier molecular flexibility index (Phi) is 6.07. The summed E-state index contributed by atoms with van der Waals surface area (Å²) in [7, 11) is 0. The minimum Gasteiger partial charge on any atom is -0.331 e. The number of hydrogen-bond donors (Lipinski definition) is 0. The van der Waals surface area contributed by atoms with E-state index >= 15 is 0 Å². The fraction of sp³-hybridized carbons (Fsp3) is 0.444. The molecule has 27 heavy (non-hydrogen) atoms. The summed E-state index contributed by atoms with van der Waals surface area (Å²) in [5, 5.41) is 3.54. The molecule has 146 valence electrons. The zero-order chi connectivity index (χ0) is 19.7. The molecule has 0 atom stereocenters. The van der Waals surface area contributed by atoms with Crippen LogP contribution in [0, 0.1) is 11.8 Å². The van der Waals surface area contributed by atoms with Crippen LogP contribution in [-0.4, -0.2) is 26.6 Å². The van der Waals surface area contributed by atoms with Crippen LogP contribution in [0.3, 0.4) is 0 Å². The Labute approximate surface area is 167 Å². The van der Waals surface area contributed by atoms with E-state index in [0.29, 0.717) is 24.8 Å². The zero-order valence-corrected chi connectivity index (χ0v) is 16.7. The minimum atomic E-state index is -3.07. The smallest absolute Gasteiger partial charge is 0.283 e. The van der Waals surface area contributed by atoms with Gasteiger partial charge in [-0.05, 0) is 42.5 Å². The van der Waals surface area contributed by atoms with Gasteiger partial charge in [-0.3, -0.25) is 4.79 Å². The Morgan fingerprint density at radius 1 is 1.33 bits per heavy atom. The van der Waals surface area contributed by atoms with Crippen LogP contribution in [-0.2, 0) is 17.5 Å². The summed E-state index contributed by atoms with van der Waals surface area (Å²) in [5.41, 5.74) is -0.0943. The van der Waals surface area contributed by atoms with Gasteiger partial charge in [-0.25, -0.2) is 17.9 Å². The van der Waals surface area contributed by atoms with Crippen LogP contribution in [0.5, 0.6) is 0 Å². The lowest BCUT2D eigenvalue weighted by molar-refractivity contribution is 0.0711. The highest BCUT2D eigenvalue weighted by atomic mass is 127. The van der Waals surface area contributed by atoms with Crippen molar-refractivity contribution in [1.82, 2.24) is 14.7 Å². The molecule has 4 nitrogen and oxygen atoms in total. The lowest BCUT2D eigenvalue weighted by Gasteiger charge is -2.24. The topological polar surface area (TPSA) is 38.1 Å². The molecule has 2 aromatic rings. The van der Waals surface area contributed by atoms with Gasteiger partial charge in [0.25, 0.3) is 12.3 Å². The Hall–Kier alpha value is -1.65. The van der Waals surface area contributed by atoms with Gasteiger partial charge < -0.3 is 4.90 Å². The van der Waals surface area contributed by atoms with E-state index in [-0.39, 0.29) is 17.1 Å². The zero-order valence-electron chi connectivity index (χ0n) is 14.6. The van der Waals surface area contributed by atoms with Gasteiger partial charge in [-0.1, -0.05) is 35.6 Å². The van der Waals surface area contributed by atoms with E-state index < -0.39 is 35.4 Å². The Morgan fingerprint density at radius 2 is 2.04 bits per heavy atom. The maximum absolute atomic E-state index is 14.6. The van der Waals surface area contributed by atoms with E-state index in [4.69, 9.17) is 0 Å². The monoisotopic (exact) mass is 495 g/mol. The fourth-order valence-electron chi connectivity index (χ4n) is 3.06. The van der Waals surface area contributed by atoms with Gasteiger partial charge in [0.1, 0.15) is 17.1 Å². The quantitative estimate of drug-likeness (QED) is 0.313. The van der Waals surface area contributed by atoms with Gasteiger partial charge in [0.2, 0.25) is 5.95 Å². The number of carbonyl (C=O) groups excluding carboxylic acids is 1. The average molecular weight is 495 g/mol. The van der Waals surface area contributed by atoms with Gasteiger partial charge in [0, 0.05) is 12.6 Å². The average Bonchev–Trinajstić information content (AvgIpc) is 3.41. The van der Waals surface area contributed by atoms with Crippen LogP contribution in [0.4, 0.5) is 17.6 Å². The summed E-state index contributed by atoms with van der Waals surface area (Å²) >= 11 is 1.78. The summed E-state index contributed by atoms with van der Waals surface area (Å²) in [6, 6.07) is 4.14. The molecule has 1 heterocycles. The molecule has 0 bridgehead atoms. The fourth-order valence-corrected chi connectivity index (χ4v) is 3.51. The van der Waals surface area contributed by atoms with E-state index in [9.17, 15) is 22.4 Å². The largest absolute Gasteiger partial charge is 0.331 e. The molecule has 0 unspecified atom stereocenters. The third-order valence-corrected chi connectivity index (χ3v) is 5.24. The lowest BCUT2D eigenvalue weighted by atomic mass is 10.0. The third kappa shape index (κ3) is 4.12. The second kappa shape index (κ2) is 8.15. The predicted molar refractivity (Wildman–Crippen MR) is 99.8 cm³/mol. The molecule has 1 fully saturated rings. The van der Waals surface area contributed by atoms with Crippen LogP contribution in [0.25, 0.3) is 0 Å². The number of aryl methyl sites for hydroxylation is 1. The van der Waals surface area contributed by atoms with Crippen LogP contribution in [0.15, 0.2) is 18.2 Å². The van der Waals surface area contributed by atoms with Crippen molar-refractivity contribution in [3.63, 3.8) is 0 Å². The molecule has 0 aliphatic heterocycles. The molecule has 0 spiro atoms. The van der Waals surface area contributed by atoms with Crippen molar-refractivity contribution in [2.75, 3.05) is 0 Å². The molecule has 0 N–H and O–H groups in total. The maximum atomic E-state index is 14.6. The second-order valence-corrected chi connectivity index (χ2v) is 7.08. The molecule has 1 aromatic carbocycles. The van der Waals surface area contributed by atoms with Crippen LogP contribution >= 0.6 is 22.6 Å². The first-order valence-electron chi connectivity index (χ1n) is 8.55. The van der Waals surface area contributed by atoms with E-state index in [1.54, 1.807) is 28.7 Å². The first-order valence-corrected chi connectivity index (χ1v) is 10.1. The maximum Gasteiger partial charge on any atom is 0.283 e. The number of rotatable bonds is 7. The number of carbonyl (C=O) groups is 1. The Bertz CT molecular complexity index is 851. The molecule has 0 saturated heterocycles. The molecule has 9 heteroatoms. The SMILES string of the molecule is CCc1ccc(F)cc1CN(C(=O)c1c(C(F)F)nn(CI)c1F)C1CC1. The standard InChI is InChI=1S/C18H18F4IN3O/c1-2-10-3-4-12(19)7-11(10)8-25(13-5-6-13)18(27)14-15(16(20)21)24-26(9-23)17(14)22/h3-4,7,13,16H,2,5-6,8-9H2,1H3. The van der Waals surface area contributed by atoms with E-state index in [1.165, 1.54) is 17.0 Å². The van der Waals surface area contributed by atoms with Crippen molar-refractivity contribution in [3.05, 3.63) is 52.3 Å². The summed E-state index contributed by atoms with van der Waals surface area (Å²) in [6.45, 7) is 1.95. The molecule has 1 aliphatic rings. The molecule has 1 amide bonds. The number of hydrogen-bond acceptors (Lipinski definition) is 2. The summed E-state index contributed by atoms with van der Waals surface area (Å²) in [6.07, 6.45) is -1.03. The number of nitrogens with zero attached hydrogens (tertiary/aromatic N) is 3. The van der Waals surface area contributed by atoms with E-state index in [2.05, 4.69) is 5.10 Å². The van der Waals surface area contributed by atoms with Crippen molar-refractivity contribution in [3.8, 4) is 0 Å². The number of amides is 1. The highest BCUT2D eigenvalue weighted by Crippen LogP contribution is 2.33. The van der Waals surface area contributed by atoms with Crippen molar-refractivity contribution < 1.29 is 22.4 Å². The van der Waals surface area contributed by atoms with Crippen molar-refractivity contribution in [2.24, 2.45) is 0 Å². The van der Waals surface area contributed by atoms with E-state index in [0.717, 1.165) is 10.2 Å². The van der Waals surface area contributed by atoms with Crippen LogP contribution < -0.4 is 0 Å². The highest BCUT2D eigenvalue weighted by Gasteiger charge is 2.38. The molecule has 1 saturated carbocycles. The molecule has 3 rings (SSSR count). The molecule has 0 radical (unpaired) electrons. The molecule has 1 aliphatic carbocycles. The number of aromatic nitrogens is 2. The van der Waals surface area contributed by atoms with Crippen LogP contribution in [0.1, 0.15) is 53.4 Å². The summed E-state index contributed by atoms with van der Waals surface area (Å²) in [5.74, 6) is -2.33. The second-order valence-electron chi connectivity index (χ2n) is 6.40. The number of alkyl halides is 3. The Balaban J connectivity index is 1.99. The molecular formula is C18H18F4IN3O. The first-order chi connectivity index (χ1) is 12.9. The van der Waals surface area contributed by atoms with Crippen molar-refractivity contribution in [1.29, 1.82) is 0 Å². The molecule has 1 aromatic heterocycles. The summed E-state index contributed by atoms with van der Waals surface area (Å²) in [4.78, 5) is 14.4. The van der Waals surface area contributed by atoms with Crippen molar-refractivity contribution in [2.45, 2.75) is 49.7 Å². The normalized spacial score (nSPS) is 14.0. The Morgan fingerprint density at radius 3 is 2.59 bits per heavy atom. The molecular weight excluding hydrogens is 477 g/mol. The lowest BCUT2D eigenvalue weighted by Crippen LogP contribution is -2.34. The third-order valence-electron chi connectivity index (χ3n) is 4.59. The highest BCUT2D eigenvalue weighted by molar-refractivity contribution is 14.1. The first kappa shape index (κ1) is 20.1. The number of benzene rings is 1. The minimum absolute atomic E-state index is 0.00387. The van der Waals surface area contributed by atoms with Gasteiger partial charge in [0.15, 0.2) is 0 Å². The van der Waals surface area contributed by atoms with Crippen LogP contribution in [0.2, 0.25) is 0 Å². The van der Waals surface area contributed by atoms with E-state index in [1.807, 2.05) is 6.92 Å². The summed E-state index contributed by atoms with van der Waals surface area (Å²) < 4.78 is 55.6.